The van der Waals surface area contributed by atoms with E-state index in [1.54, 1.807) is 18.2 Å². The summed E-state index contributed by atoms with van der Waals surface area (Å²) >= 11 is 0. The molecule has 1 atom stereocenters. The molecule has 1 aromatic rings. The van der Waals surface area contributed by atoms with Crippen molar-refractivity contribution in [3.8, 4) is 0 Å². The maximum absolute atomic E-state index is 13.7. The molecular formula is C14H19F4NO. The van der Waals surface area contributed by atoms with Gasteiger partial charge in [0.1, 0.15) is 12.4 Å². The predicted octanol–water partition coefficient (Wildman–Crippen LogP) is 3.49. The van der Waals surface area contributed by atoms with Crippen LogP contribution in [0.2, 0.25) is 0 Å². The number of nitrogens with one attached hydrogen (secondary N) is 1. The van der Waals surface area contributed by atoms with Gasteiger partial charge in [0.15, 0.2) is 0 Å². The summed E-state index contributed by atoms with van der Waals surface area (Å²) in [4.78, 5) is 0. The Morgan fingerprint density at radius 3 is 2.55 bits per heavy atom. The van der Waals surface area contributed by atoms with Crippen molar-refractivity contribution >= 4 is 0 Å². The Hall–Kier alpha value is -1.14. The van der Waals surface area contributed by atoms with E-state index in [0.717, 1.165) is 13.0 Å². The molecule has 6 heteroatoms. The fourth-order valence-electron chi connectivity index (χ4n) is 1.83. The Balaban J connectivity index is 2.63. The topological polar surface area (TPSA) is 21.3 Å². The molecule has 0 aliphatic carbocycles. The quantitative estimate of drug-likeness (QED) is 0.585. The van der Waals surface area contributed by atoms with Gasteiger partial charge in [-0.3, -0.25) is 0 Å². The standard InChI is InChI=1S/C14H19F4NO/c1-2-7-19-8-11(9-20-10-14(16,17)18)12-5-3-4-6-13(12)15/h3-6,11,19H,2,7-10H2,1H3. The first-order chi connectivity index (χ1) is 9.44. The van der Waals surface area contributed by atoms with Crippen LogP contribution in [0.15, 0.2) is 24.3 Å². The van der Waals surface area contributed by atoms with Crippen LogP contribution in [0.4, 0.5) is 17.6 Å². The fourth-order valence-corrected chi connectivity index (χ4v) is 1.83. The van der Waals surface area contributed by atoms with Crippen molar-refractivity contribution in [2.45, 2.75) is 25.4 Å². The van der Waals surface area contributed by atoms with Gasteiger partial charge in [-0.2, -0.15) is 13.2 Å². The summed E-state index contributed by atoms with van der Waals surface area (Å²) in [6, 6.07) is 6.08. The third-order valence-electron chi connectivity index (χ3n) is 2.75. The lowest BCUT2D eigenvalue weighted by Gasteiger charge is -2.19. The molecule has 1 aromatic carbocycles. The van der Waals surface area contributed by atoms with Crippen LogP contribution in [0, 0.1) is 5.82 Å². The Morgan fingerprint density at radius 1 is 1.25 bits per heavy atom. The molecule has 0 heterocycles. The Bertz CT molecular complexity index is 395. The second-order valence-corrected chi connectivity index (χ2v) is 4.55. The van der Waals surface area contributed by atoms with E-state index in [9.17, 15) is 17.6 Å². The van der Waals surface area contributed by atoms with Gasteiger partial charge in [0.25, 0.3) is 0 Å². The summed E-state index contributed by atoms with van der Waals surface area (Å²) in [7, 11) is 0. The normalized spacial score (nSPS) is 13.4. The lowest BCUT2D eigenvalue weighted by Crippen LogP contribution is -2.27. The maximum atomic E-state index is 13.7. The van der Waals surface area contributed by atoms with E-state index in [2.05, 4.69) is 10.1 Å². The van der Waals surface area contributed by atoms with Crippen LogP contribution in [0.25, 0.3) is 0 Å². The molecule has 1 unspecified atom stereocenters. The molecule has 0 spiro atoms. The molecule has 1 N–H and O–H groups in total. The second-order valence-electron chi connectivity index (χ2n) is 4.55. The minimum atomic E-state index is -4.36. The lowest BCUT2D eigenvalue weighted by atomic mass is 9.99. The molecule has 0 saturated carbocycles. The highest BCUT2D eigenvalue weighted by molar-refractivity contribution is 5.22. The monoisotopic (exact) mass is 293 g/mol. The van der Waals surface area contributed by atoms with Gasteiger partial charge in [-0.25, -0.2) is 4.39 Å². The number of hydrogen-bond donors (Lipinski definition) is 1. The molecule has 0 aromatic heterocycles. The Labute approximate surface area is 116 Å². The average molecular weight is 293 g/mol. The highest BCUT2D eigenvalue weighted by Crippen LogP contribution is 2.21. The van der Waals surface area contributed by atoms with Gasteiger partial charge < -0.3 is 10.1 Å². The van der Waals surface area contributed by atoms with Crippen LogP contribution >= 0.6 is 0 Å². The molecule has 0 bridgehead atoms. The Morgan fingerprint density at radius 2 is 1.95 bits per heavy atom. The number of hydrogen-bond acceptors (Lipinski definition) is 2. The van der Waals surface area contributed by atoms with Gasteiger partial charge >= 0.3 is 6.18 Å². The molecule has 0 saturated heterocycles. The minimum Gasteiger partial charge on any atom is -0.371 e. The molecule has 0 aliphatic rings. The zero-order valence-electron chi connectivity index (χ0n) is 11.3. The van der Waals surface area contributed by atoms with Crippen LogP contribution < -0.4 is 5.32 Å². The molecular weight excluding hydrogens is 274 g/mol. The fraction of sp³-hybridized carbons (Fsp3) is 0.571. The van der Waals surface area contributed by atoms with Crippen molar-refractivity contribution in [1.29, 1.82) is 0 Å². The van der Waals surface area contributed by atoms with Crippen molar-refractivity contribution in [2.75, 3.05) is 26.3 Å². The van der Waals surface area contributed by atoms with Crippen molar-refractivity contribution in [2.24, 2.45) is 0 Å². The summed E-state index contributed by atoms with van der Waals surface area (Å²) < 4.78 is 54.6. The molecule has 20 heavy (non-hydrogen) atoms. The number of halogens is 4. The summed E-state index contributed by atoms with van der Waals surface area (Å²) in [5.74, 6) is -0.864. The second kappa shape index (κ2) is 8.21. The number of alkyl halides is 3. The van der Waals surface area contributed by atoms with Crippen molar-refractivity contribution in [3.05, 3.63) is 35.6 Å². The van der Waals surface area contributed by atoms with Crippen molar-refractivity contribution in [1.82, 2.24) is 5.32 Å². The molecule has 114 valence electrons. The van der Waals surface area contributed by atoms with Gasteiger partial charge in [0.05, 0.1) is 6.61 Å². The first-order valence-corrected chi connectivity index (χ1v) is 6.53. The first-order valence-electron chi connectivity index (χ1n) is 6.53. The molecule has 0 fully saturated rings. The van der Waals surface area contributed by atoms with Crippen LogP contribution in [0.5, 0.6) is 0 Å². The van der Waals surface area contributed by atoms with E-state index in [4.69, 9.17) is 0 Å². The number of benzene rings is 1. The van der Waals surface area contributed by atoms with Gasteiger partial charge in [-0.1, -0.05) is 25.1 Å². The highest BCUT2D eigenvalue weighted by Gasteiger charge is 2.28. The zero-order chi connectivity index (χ0) is 15.0. The third-order valence-corrected chi connectivity index (χ3v) is 2.75. The largest absolute Gasteiger partial charge is 0.411 e. The molecule has 1 rings (SSSR count). The number of ether oxygens (including phenoxy) is 1. The van der Waals surface area contributed by atoms with Gasteiger partial charge in [0, 0.05) is 12.5 Å². The van der Waals surface area contributed by atoms with Crippen molar-refractivity contribution < 1.29 is 22.3 Å². The predicted molar refractivity (Wildman–Crippen MR) is 69.2 cm³/mol. The van der Waals surface area contributed by atoms with E-state index in [1.165, 1.54) is 6.07 Å². The van der Waals surface area contributed by atoms with E-state index in [1.807, 2.05) is 6.92 Å². The summed E-state index contributed by atoms with van der Waals surface area (Å²) in [6.45, 7) is 1.60. The van der Waals surface area contributed by atoms with E-state index in [-0.39, 0.29) is 6.61 Å². The smallest absolute Gasteiger partial charge is 0.371 e. The summed E-state index contributed by atoms with van der Waals surface area (Å²) in [6.07, 6.45) is -3.47. The Kier molecular flexibility index (Phi) is 6.95. The maximum Gasteiger partial charge on any atom is 0.411 e. The summed E-state index contributed by atoms with van der Waals surface area (Å²) in [5, 5.41) is 3.08. The van der Waals surface area contributed by atoms with E-state index < -0.39 is 24.5 Å². The van der Waals surface area contributed by atoms with Crippen LogP contribution in [-0.4, -0.2) is 32.5 Å². The zero-order valence-corrected chi connectivity index (χ0v) is 11.3. The highest BCUT2D eigenvalue weighted by atomic mass is 19.4. The van der Waals surface area contributed by atoms with E-state index >= 15 is 0 Å². The number of rotatable bonds is 8. The third kappa shape index (κ3) is 6.34. The average Bonchev–Trinajstić information content (AvgIpc) is 2.37. The van der Waals surface area contributed by atoms with Gasteiger partial charge in [-0.15, -0.1) is 0 Å². The molecule has 0 radical (unpaired) electrons. The molecule has 0 amide bonds. The van der Waals surface area contributed by atoms with Crippen molar-refractivity contribution in [3.63, 3.8) is 0 Å². The SMILES string of the molecule is CCCNCC(COCC(F)(F)F)c1ccccc1F. The minimum absolute atomic E-state index is 0.169. The lowest BCUT2D eigenvalue weighted by molar-refractivity contribution is -0.174. The first kappa shape index (κ1) is 16.9. The summed E-state index contributed by atoms with van der Waals surface area (Å²) in [5.41, 5.74) is 0.373. The molecule has 0 aliphatic heterocycles. The van der Waals surface area contributed by atoms with Crippen LogP contribution in [0.1, 0.15) is 24.8 Å². The van der Waals surface area contributed by atoms with Gasteiger partial charge in [-0.05, 0) is 24.6 Å². The van der Waals surface area contributed by atoms with Crippen LogP contribution in [0.3, 0.4) is 0 Å². The van der Waals surface area contributed by atoms with Gasteiger partial charge in [0.2, 0.25) is 0 Å². The van der Waals surface area contributed by atoms with Crippen LogP contribution in [-0.2, 0) is 4.74 Å². The molecule has 2 nitrogen and oxygen atoms in total. The van der Waals surface area contributed by atoms with E-state index in [0.29, 0.717) is 12.1 Å².